The van der Waals surface area contributed by atoms with E-state index in [1.165, 1.54) is 18.5 Å². The molecule has 0 unspecified atom stereocenters. The second kappa shape index (κ2) is 6.62. The van der Waals surface area contributed by atoms with Gasteiger partial charge in [-0.1, -0.05) is 20.8 Å². The molecule has 0 aliphatic rings. The van der Waals surface area contributed by atoms with E-state index in [0.29, 0.717) is 0 Å². The summed E-state index contributed by atoms with van der Waals surface area (Å²) < 4.78 is 3.97. The van der Waals surface area contributed by atoms with Crippen molar-refractivity contribution in [3.63, 3.8) is 0 Å². The lowest BCUT2D eigenvalue weighted by Gasteiger charge is -2.18. The molecule has 1 nitrogen and oxygen atoms in total. The molecule has 0 saturated carbocycles. The molecule has 0 aromatic rings. The number of hydrogen-bond acceptors (Lipinski definition) is 0. The fraction of sp³-hybridized carbons (Fsp3) is 1.00. The molecule has 0 atom stereocenters. The molecule has 0 rings (SSSR count). The molecule has 0 bridgehead atoms. The van der Waals surface area contributed by atoms with Crippen LogP contribution in [-0.2, 0) is 0 Å². The van der Waals surface area contributed by atoms with Crippen LogP contribution in [0.25, 0.3) is 0 Å². The Bertz CT molecular complexity index is 168. The Morgan fingerprint density at radius 1 is 0.923 bits per heavy atom. The third-order valence-corrected chi connectivity index (χ3v) is 10.6. The fourth-order valence-electron chi connectivity index (χ4n) is 1.62. The van der Waals surface area contributed by atoms with Gasteiger partial charge >= 0.3 is 8.24 Å². The van der Waals surface area contributed by atoms with Crippen molar-refractivity contribution < 1.29 is 28.4 Å². The van der Waals surface area contributed by atoms with Crippen LogP contribution in [0.5, 0.6) is 0 Å². The molecule has 0 aliphatic heterocycles. The number of halogens is 1. The normalized spacial score (nSPS) is 12.2. The molecule has 0 spiro atoms. The van der Waals surface area contributed by atoms with Crippen LogP contribution in [0.1, 0.15) is 20.8 Å². The first kappa shape index (κ1) is 16.6. The topological polar surface area (TPSA) is 14.0 Å². The molecular formula is C9H25INPSi. The fourth-order valence-corrected chi connectivity index (χ4v) is 10.6. The summed E-state index contributed by atoms with van der Waals surface area (Å²) in [4.78, 5) is 0. The standard InChI is InChI=1S/C9H24NPSi.HI/c1-7-11(8-2,9-3)10-12(4,5)6;/h7-9H2,1-6H3;1H. The summed E-state index contributed by atoms with van der Waals surface area (Å²) in [5, 5.41) is 0. The van der Waals surface area contributed by atoms with Gasteiger partial charge in [0, 0.05) is 18.5 Å². The van der Waals surface area contributed by atoms with Crippen LogP contribution in [0.3, 0.4) is 0 Å². The van der Waals surface area contributed by atoms with Gasteiger partial charge in [-0.3, -0.25) is 0 Å². The predicted molar refractivity (Wildman–Crippen MR) is 62.9 cm³/mol. The summed E-state index contributed by atoms with van der Waals surface area (Å²) in [5.74, 6) is 0. The number of nitrogens with one attached hydrogen (secondary N) is 1. The third kappa shape index (κ3) is 6.29. The zero-order valence-electron chi connectivity index (χ0n) is 9.95. The zero-order chi connectivity index (χ0) is 9.83. The van der Waals surface area contributed by atoms with Gasteiger partial charge in [-0.25, -0.2) is 0 Å². The average Bonchev–Trinajstić information content (AvgIpc) is 1.99. The highest BCUT2D eigenvalue weighted by atomic mass is 127. The van der Waals surface area contributed by atoms with E-state index >= 15 is 0 Å². The van der Waals surface area contributed by atoms with Gasteiger partial charge < -0.3 is 28.4 Å². The highest BCUT2D eigenvalue weighted by molar-refractivity contribution is 7.63. The van der Waals surface area contributed by atoms with Crippen molar-refractivity contribution in [2.75, 3.05) is 18.5 Å². The van der Waals surface area contributed by atoms with Crippen molar-refractivity contribution in [1.82, 2.24) is 0 Å². The summed E-state index contributed by atoms with van der Waals surface area (Å²) in [6, 6.07) is 0. The second-order valence-electron chi connectivity index (χ2n) is 4.46. The van der Waals surface area contributed by atoms with Crippen LogP contribution in [-0.4, -0.2) is 26.7 Å². The summed E-state index contributed by atoms with van der Waals surface area (Å²) in [5.41, 5.74) is 0. The smallest absolute Gasteiger partial charge is 0.342 e. The minimum Gasteiger partial charge on any atom is -1.00 e. The largest absolute Gasteiger partial charge is 1.00 e. The average molecular weight is 333 g/mol. The molecule has 1 N–H and O–H groups in total. The van der Waals surface area contributed by atoms with E-state index in [-0.39, 0.29) is 24.0 Å². The van der Waals surface area contributed by atoms with Crippen molar-refractivity contribution >= 4 is 15.3 Å². The minimum absolute atomic E-state index is 0. The van der Waals surface area contributed by atoms with E-state index in [4.69, 9.17) is 0 Å². The summed E-state index contributed by atoms with van der Waals surface area (Å²) in [6.45, 7) is 14.2. The molecule has 0 aliphatic carbocycles. The van der Waals surface area contributed by atoms with Gasteiger partial charge in [0.15, 0.2) is 0 Å². The van der Waals surface area contributed by atoms with Crippen LogP contribution >= 0.6 is 7.05 Å². The van der Waals surface area contributed by atoms with Crippen molar-refractivity contribution in [2.45, 2.75) is 40.4 Å². The monoisotopic (exact) mass is 333 g/mol. The molecule has 82 valence electrons. The first-order valence-corrected chi connectivity index (χ1v) is 10.9. The van der Waals surface area contributed by atoms with Crippen molar-refractivity contribution in [3.05, 3.63) is 0 Å². The van der Waals surface area contributed by atoms with E-state index in [1.54, 1.807) is 0 Å². The Kier molecular flexibility index (Phi) is 8.46. The molecule has 13 heavy (non-hydrogen) atoms. The number of rotatable bonds is 4. The summed E-state index contributed by atoms with van der Waals surface area (Å²) in [6.07, 6.45) is 4.10. The van der Waals surface area contributed by atoms with Gasteiger partial charge in [0.05, 0.1) is 7.05 Å². The van der Waals surface area contributed by atoms with Crippen molar-refractivity contribution in [2.24, 2.45) is 0 Å². The quantitative estimate of drug-likeness (QED) is 0.392. The van der Waals surface area contributed by atoms with Gasteiger partial charge in [-0.2, -0.15) is 0 Å². The Labute approximate surface area is 102 Å². The van der Waals surface area contributed by atoms with Crippen LogP contribution in [0, 0.1) is 0 Å². The minimum atomic E-state index is -1.06. The van der Waals surface area contributed by atoms with E-state index in [0.717, 1.165) is 0 Å². The zero-order valence-corrected chi connectivity index (χ0v) is 14.0. The van der Waals surface area contributed by atoms with Gasteiger partial charge in [-0.05, 0) is 19.6 Å². The Balaban J connectivity index is 0. The Morgan fingerprint density at radius 2 is 1.23 bits per heavy atom. The maximum atomic E-state index is 3.97. The lowest BCUT2D eigenvalue weighted by molar-refractivity contribution is -0.281. The second-order valence-corrected chi connectivity index (χ2v) is 14.0. The first-order chi connectivity index (χ1) is 5.39. The van der Waals surface area contributed by atoms with Crippen LogP contribution in [0.4, 0.5) is 0 Å². The molecule has 0 heterocycles. The van der Waals surface area contributed by atoms with E-state index in [1.807, 2.05) is 0 Å². The maximum Gasteiger partial charge on any atom is 0.342 e. The predicted octanol–water partition coefficient (Wildman–Crippen LogP) is -0.833. The molecule has 0 amide bonds. The molecular weight excluding hydrogens is 308 g/mol. The SMILES string of the molecule is CCP(CC)(CC)=[NH+][Si](C)(C)C.[I-]. The van der Waals surface area contributed by atoms with Crippen molar-refractivity contribution in [3.8, 4) is 0 Å². The van der Waals surface area contributed by atoms with Gasteiger partial charge in [-0.15, -0.1) is 0 Å². The van der Waals surface area contributed by atoms with E-state index in [2.05, 4.69) is 44.8 Å². The lowest BCUT2D eigenvalue weighted by atomic mass is 10.9. The van der Waals surface area contributed by atoms with Crippen LogP contribution < -0.4 is 28.4 Å². The molecule has 0 radical (unpaired) electrons. The van der Waals surface area contributed by atoms with Gasteiger partial charge in [0.2, 0.25) is 0 Å². The highest BCUT2D eigenvalue weighted by Crippen LogP contribution is 2.40. The summed E-state index contributed by atoms with van der Waals surface area (Å²) in [7, 11) is -1.80. The van der Waals surface area contributed by atoms with Crippen LogP contribution in [0.2, 0.25) is 19.6 Å². The molecule has 0 aromatic carbocycles. The number of hydrogen-bond donors (Lipinski definition) is 1. The summed E-state index contributed by atoms with van der Waals surface area (Å²) >= 11 is 0. The highest BCUT2D eigenvalue weighted by Gasteiger charge is 2.27. The van der Waals surface area contributed by atoms with Gasteiger partial charge in [0.25, 0.3) is 0 Å². The molecule has 4 heteroatoms. The third-order valence-electron chi connectivity index (χ3n) is 2.39. The lowest BCUT2D eigenvalue weighted by Crippen LogP contribution is -3.00. The van der Waals surface area contributed by atoms with Gasteiger partial charge in [0.1, 0.15) is 0 Å². The van der Waals surface area contributed by atoms with E-state index < -0.39 is 15.3 Å². The molecule has 0 aromatic heterocycles. The maximum absolute atomic E-state index is 3.97. The molecule has 0 fully saturated rings. The van der Waals surface area contributed by atoms with Crippen LogP contribution in [0.15, 0.2) is 0 Å². The van der Waals surface area contributed by atoms with E-state index in [9.17, 15) is 0 Å². The first-order valence-electron chi connectivity index (χ1n) is 5.04. The Morgan fingerprint density at radius 3 is 1.31 bits per heavy atom. The Hall–Kier alpha value is 1.18. The molecule has 0 saturated heterocycles. The van der Waals surface area contributed by atoms with Crippen molar-refractivity contribution in [1.29, 1.82) is 0 Å².